The second-order valence-corrected chi connectivity index (χ2v) is 5.90. The average Bonchev–Trinajstić information content (AvgIpc) is 2.70. The van der Waals surface area contributed by atoms with Crippen LogP contribution in [0.2, 0.25) is 0 Å². The van der Waals surface area contributed by atoms with Crippen LogP contribution in [0, 0.1) is 0 Å². The minimum atomic E-state index is -4.20. The summed E-state index contributed by atoms with van der Waals surface area (Å²) in [5.74, 6) is 0.612. The molecule has 2 heterocycles. The van der Waals surface area contributed by atoms with E-state index in [1.807, 2.05) is 6.92 Å². The Bertz CT molecular complexity index is 580. The lowest BCUT2D eigenvalue weighted by atomic mass is 10.2. The van der Waals surface area contributed by atoms with Crippen LogP contribution in [0.5, 0.6) is 0 Å². The average molecular weight is 303 g/mol. The monoisotopic (exact) mass is 303 g/mol. The maximum atomic E-state index is 12.4. The Morgan fingerprint density at radius 2 is 2.10 bits per heavy atom. The van der Waals surface area contributed by atoms with Crippen molar-refractivity contribution in [3.63, 3.8) is 0 Å². The summed E-state index contributed by atoms with van der Waals surface area (Å²) in [6.45, 7) is 4.11. The Labute approximate surface area is 119 Å². The molecule has 0 aromatic carbocycles. The molecular formula is C13H16F3N3S. The van der Waals surface area contributed by atoms with Crippen molar-refractivity contribution in [1.82, 2.24) is 9.97 Å². The standard InChI is InChI=1S/C13H16F3N3S/c1-3-4-8(2)19-11-10-5-9(6-13(14,15)16)20-12(10)18-7-17-11/h5,7-8H,3-4,6H2,1-2H3,(H,17,18,19). The molecule has 110 valence electrons. The van der Waals surface area contributed by atoms with Crippen LogP contribution in [0.4, 0.5) is 19.0 Å². The highest BCUT2D eigenvalue weighted by Gasteiger charge is 2.29. The van der Waals surface area contributed by atoms with Crippen LogP contribution in [-0.2, 0) is 6.42 Å². The molecule has 0 amide bonds. The lowest BCUT2D eigenvalue weighted by molar-refractivity contribution is -0.126. The van der Waals surface area contributed by atoms with Gasteiger partial charge in [0, 0.05) is 10.9 Å². The Balaban J connectivity index is 2.27. The molecule has 0 aliphatic heterocycles. The zero-order valence-corrected chi connectivity index (χ0v) is 12.1. The third-order valence-corrected chi connectivity index (χ3v) is 3.90. The second kappa shape index (κ2) is 5.95. The Morgan fingerprint density at radius 3 is 2.75 bits per heavy atom. The fourth-order valence-electron chi connectivity index (χ4n) is 2.04. The SMILES string of the molecule is CCCC(C)Nc1ncnc2sc(CC(F)(F)F)cc12. The third-order valence-electron chi connectivity index (χ3n) is 2.86. The molecule has 1 atom stereocenters. The van der Waals surface area contributed by atoms with Crippen LogP contribution in [0.3, 0.4) is 0 Å². The van der Waals surface area contributed by atoms with Crippen molar-refractivity contribution in [3.05, 3.63) is 17.3 Å². The highest BCUT2D eigenvalue weighted by molar-refractivity contribution is 7.18. The number of alkyl halides is 3. The van der Waals surface area contributed by atoms with E-state index in [0.29, 0.717) is 16.0 Å². The number of rotatable bonds is 5. The molecule has 0 fully saturated rings. The highest BCUT2D eigenvalue weighted by atomic mass is 32.1. The zero-order valence-electron chi connectivity index (χ0n) is 11.3. The van der Waals surface area contributed by atoms with E-state index in [-0.39, 0.29) is 10.9 Å². The smallest absolute Gasteiger partial charge is 0.367 e. The molecule has 2 rings (SSSR count). The van der Waals surface area contributed by atoms with Gasteiger partial charge in [-0.05, 0) is 19.4 Å². The van der Waals surface area contributed by atoms with Gasteiger partial charge in [0.1, 0.15) is 17.0 Å². The number of thiophene rings is 1. The fraction of sp³-hybridized carbons (Fsp3) is 0.538. The first-order chi connectivity index (χ1) is 9.39. The molecule has 20 heavy (non-hydrogen) atoms. The van der Waals surface area contributed by atoms with Gasteiger partial charge in [0.05, 0.1) is 11.8 Å². The Morgan fingerprint density at radius 1 is 1.35 bits per heavy atom. The molecule has 0 aliphatic carbocycles. The quantitative estimate of drug-likeness (QED) is 0.890. The van der Waals surface area contributed by atoms with Crippen molar-refractivity contribution in [1.29, 1.82) is 0 Å². The summed E-state index contributed by atoms with van der Waals surface area (Å²) in [5, 5.41) is 3.90. The van der Waals surface area contributed by atoms with Gasteiger partial charge in [-0.25, -0.2) is 9.97 Å². The van der Waals surface area contributed by atoms with E-state index in [1.165, 1.54) is 12.4 Å². The molecule has 0 spiro atoms. The van der Waals surface area contributed by atoms with Gasteiger partial charge in [0.2, 0.25) is 0 Å². The summed E-state index contributed by atoms with van der Waals surface area (Å²) < 4.78 is 37.3. The third kappa shape index (κ3) is 3.82. The van der Waals surface area contributed by atoms with Crippen molar-refractivity contribution >= 4 is 27.4 Å². The highest BCUT2D eigenvalue weighted by Crippen LogP contribution is 2.32. The minimum Gasteiger partial charge on any atom is -0.367 e. The van der Waals surface area contributed by atoms with E-state index >= 15 is 0 Å². The van der Waals surface area contributed by atoms with Crippen molar-refractivity contribution in [2.24, 2.45) is 0 Å². The number of nitrogens with zero attached hydrogens (tertiary/aromatic N) is 2. The molecule has 0 saturated heterocycles. The van der Waals surface area contributed by atoms with E-state index in [0.717, 1.165) is 24.2 Å². The summed E-state index contributed by atoms with van der Waals surface area (Å²) in [6.07, 6.45) is -1.72. The first-order valence-electron chi connectivity index (χ1n) is 6.45. The predicted octanol–water partition coefficient (Wildman–Crippen LogP) is 4.40. The van der Waals surface area contributed by atoms with Gasteiger partial charge in [-0.15, -0.1) is 11.3 Å². The number of aromatic nitrogens is 2. The first-order valence-corrected chi connectivity index (χ1v) is 7.27. The van der Waals surface area contributed by atoms with Gasteiger partial charge >= 0.3 is 6.18 Å². The summed E-state index contributed by atoms with van der Waals surface area (Å²) in [4.78, 5) is 9.04. The van der Waals surface area contributed by atoms with Gasteiger partial charge in [-0.3, -0.25) is 0 Å². The number of fused-ring (bicyclic) bond motifs is 1. The molecule has 2 aromatic rings. The number of halogens is 3. The fourth-order valence-corrected chi connectivity index (χ4v) is 3.07. The molecule has 3 nitrogen and oxygen atoms in total. The molecule has 2 aromatic heterocycles. The predicted molar refractivity (Wildman–Crippen MR) is 75.2 cm³/mol. The zero-order chi connectivity index (χ0) is 14.8. The lowest BCUT2D eigenvalue weighted by Gasteiger charge is -2.13. The molecule has 0 aliphatic rings. The van der Waals surface area contributed by atoms with Crippen LogP contribution < -0.4 is 5.32 Å². The summed E-state index contributed by atoms with van der Waals surface area (Å²) in [6, 6.07) is 1.76. The molecule has 0 saturated carbocycles. The van der Waals surface area contributed by atoms with E-state index in [1.54, 1.807) is 0 Å². The number of hydrogen-bond donors (Lipinski definition) is 1. The molecular weight excluding hydrogens is 287 g/mol. The second-order valence-electron chi connectivity index (χ2n) is 4.78. The molecule has 0 bridgehead atoms. The lowest BCUT2D eigenvalue weighted by Crippen LogP contribution is -2.15. The molecule has 1 N–H and O–H groups in total. The van der Waals surface area contributed by atoms with Gasteiger partial charge in [-0.2, -0.15) is 13.2 Å². The Kier molecular flexibility index (Phi) is 4.47. The Hall–Kier alpha value is -1.37. The summed E-state index contributed by atoms with van der Waals surface area (Å²) in [7, 11) is 0. The van der Waals surface area contributed by atoms with Gasteiger partial charge in [-0.1, -0.05) is 13.3 Å². The number of anilines is 1. The normalized spacial score (nSPS) is 13.7. The largest absolute Gasteiger partial charge is 0.393 e. The van der Waals surface area contributed by atoms with Crippen LogP contribution in [0.25, 0.3) is 10.2 Å². The molecule has 0 radical (unpaired) electrons. The van der Waals surface area contributed by atoms with Crippen LogP contribution in [-0.4, -0.2) is 22.2 Å². The van der Waals surface area contributed by atoms with E-state index in [2.05, 4.69) is 22.2 Å². The molecule has 7 heteroatoms. The molecule has 1 unspecified atom stereocenters. The van der Waals surface area contributed by atoms with Gasteiger partial charge in [0.25, 0.3) is 0 Å². The van der Waals surface area contributed by atoms with E-state index in [4.69, 9.17) is 0 Å². The topological polar surface area (TPSA) is 37.8 Å². The van der Waals surface area contributed by atoms with Crippen molar-refractivity contribution in [2.75, 3.05) is 5.32 Å². The van der Waals surface area contributed by atoms with Crippen LogP contribution in [0.1, 0.15) is 31.6 Å². The maximum Gasteiger partial charge on any atom is 0.393 e. The van der Waals surface area contributed by atoms with Crippen LogP contribution >= 0.6 is 11.3 Å². The number of nitrogens with one attached hydrogen (secondary N) is 1. The first kappa shape index (κ1) is 15.0. The van der Waals surface area contributed by atoms with Crippen molar-refractivity contribution < 1.29 is 13.2 Å². The van der Waals surface area contributed by atoms with E-state index < -0.39 is 12.6 Å². The van der Waals surface area contributed by atoms with Crippen molar-refractivity contribution in [2.45, 2.75) is 45.3 Å². The van der Waals surface area contributed by atoms with Crippen LogP contribution in [0.15, 0.2) is 12.4 Å². The minimum absolute atomic E-state index is 0.226. The summed E-state index contributed by atoms with van der Waals surface area (Å²) in [5.41, 5.74) is 0. The van der Waals surface area contributed by atoms with E-state index in [9.17, 15) is 13.2 Å². The van der Waals surface area contributed by atoms with Gasteiger partial charge < -0.3 is 5.32 Å². The van der Waals surface area contributed by atoms with Crippen molar-refractivity contribution in [3.8, 4) is 0 Å². The summed E-state index contributed by atoms with van der Waals surface area (Å²) >= 11 is 1.07. The maximum absolute atomic E-state index is 12.4. The van der Waals surface area contributed by atoms with Gasteiger partial charge in [0.15, 0.2) is 0 Å². The number of hydrogen-bond acceptors (Lipinski definition) is 4.